The van der Waals surface area contributed by atoms with Gasteiger partial charge in [-0.15, -0.1) is 0 Å². The summed E-state index contributed by atoms with van der Waals surface area (Å²) in [6, 6.07) is 15.3. The van der Waals surface area contributed by atoms with E-state index in [0.29, 0.717) is 0 Å². The zero-order valence-corrected chi connectivity index (χ0v) is 13.0. The molecule has 0 aliphatic carbocycles. The van der Waals surface area contributed by atoms with E-state index in [4.69, 9.17) is 0 Å². The largest absolute Gasteiger partial charge is 0.343 e. The molecule has 1 heterocycles. The van der Waals surface area contributed by atoms with Crippen LogP contribution in [-0.4, -0.2) is 11.6 Å². The van der Waals surface area contributed by atoms with Gasteiger partial charge in [-0.2, -0.15) is 0 Å². The first-order chi connectivity index (χ1) is 10.2. The summed E-state index contributed by atoms with van der Waals surface area (Å²) < 4.78 is 2.36. The average Bonchev–Trinajstić information content (AvgIpc) is 2.82. The smallest absolute Gasteiger partial charge is 0.0486 e. The molecule has 2 heteroatoms. The van der Waals surface area contributed by atoms with Crippen LogP contribution in [0.2, 0.25) is 0 Å². The van der Waals surface area contributed by atoms with Crippen LogP contribution in [0.1, 0.15) is 22.3 Å². The second-order valence-corrected chi connectivity index (χ2v) is 5.76. The third kappa shape index (κ3) is 2.72. The monoisotopic (exact) mass is 278 g/mol. The molecule has 3 rings (SSSR count). The second-order valence-electron chi connectivity index (χ2n) is 5.76. The molecule has 108 valence electrons. The van der Waals surface area contributed by atoms with Crippen molar-refractivity contribution in [3.63, 3.8) is 0 Å². The normalized spacial score (nSPS) is 11.2. The number of hydrogen-bond donors (Lipinski definition) is 1. The molecule has 3 aromatic rings. The Balaban J connectivity index is 2.06. The van der Waals surface area contributed by atoms with Crippen LogP contribution in [0, 0.1) is 13.8 Å². The molecule has 0 atom stereocenters. The van der Waals surface area contributed by atoms with E-state index in [1.54, 1.807) is 0 Å². The minimum absolute atomic E-state index is 0.903. The Hall–Kier alpha value is -2.06. The van der Waals surface area contributed by atoms with E-state index in [2.05, 4.69) is 72.4 Å². The maximum absolute atomic E-state index is 3.26. The molecule has 1 aromatic heterocycles. The number of aromatic nitrogens is 1. The first-order valence-electron chi connectivity index (χ1n) is 7.46. The molecule has 0 amide bonds. The van der Waals surface area contributed by atoms with E-state index in [1.165, 1.54) is 33.2 Å². The molecule has 0 radical (unpaired) electrons. The summed E-state index contributed by atoms with van der Waals surface area (Å²) in [4.78, 5) is 0. The van der Waals surface area contributed by atoms with Crippen LogP contribution in [0.25, 0.3) is 10.9 Å². The topological polar surface area (TPSA) is 17.0 Å². The molecule has 0 fully saturated rings. The van der Waals surface area contributed by atoms with Crippen LogP contribution >= 0.6 is 0 Å². The molecule has 0 saturated heterocycles. The third-order valence-electron chi connectivity index (χ3n) is 4.08. The van der Waals surface area contributed by atoms with E-state index in [9.17, 15) is 0 Å². The van der Waals surface area contributed by atoms with Crippen LogP contribution in [-0.2, 0) is 13.1 Å². The van der Waals surface area contributed by atoms with Gasteiger partial charge in [-0.1, -0.05) is 42.0 Å². The average molecular weight is 278 g/mol. The molecule has 0 aliphatic heterocycles. The van der Waals surface area contributed by atoms with Crippen molar-refractivity contribution in [1.29, 1.82) is 0 Å². The minimum atomic E-state index is 0.903. The first-order valence-corrected chi connectivity index (χ1v) is 7.46. The fourth-order valence-electron chi connectivity index (χ4n) is 2.94. The van der Waals surface area contributed by atoms with Crippen LogP contribution in [0.15, 0.2) is 48.7 Å². The lowest BCUT2D eigenvalue weighted by atomic mass is 10.1. The third-order valence-corrected chi connectivity index (χ3v) is 4.08. The SMILES string of the molecule is CNCc1cn(Cc2cc(C)ccc2C)c2ccccc12. The van der Waals surface area contributed by atoms with Gasteiger partial charge in [0.1, 0.15) is 0 Å². The van der Waals surface area contributed by atoms with Gasteiger partial charge in [0.15, 0.2) is 0 Å². The second kappa shape index (κ2) is 5.74. The Morgan fingerprint density at radius 2 is 1.81 bits per heavy atom. The van der Waals surface area contributed by atoms with Gasteiger partial charge in [0.05, 0.1) is 0 Å². The number of nitrogens with zero attached hydrogens (tertiary/aromatic N) is 1. The van der Waals surface area contributed by atoms with Crippen molar-refractivity contribution in [3.8, 4) is 0 Å². The highest BCUT2D eigenvalue weighted by Crippen LogP contribution is 2.23. The van der Waals surface area contributed by atoms with Crippen LogP contribution in [0.4, 0.5) is 0 Å². The maximum atomic E-state index is 3.26. The van der Waals surface area contributed by atoms with Crippen molar-refractivity contribution in [1.82, 2.24) is 9.88 Å². The fourth-order valence-corrected chi connectivity index (χ4v) is 2.94. The quantitative estimate of drug-likeness (QED) is 0.762. The summed E-state index contributed by atoms with van der Waals surface area (Å²) in [5, 5.41) is 4.61. The Morgan fingerprint density at radius 1 is 1.00 bits per heavy atom. The molecule has 21 heavy (non-hydrogen) atoms. The van der Waals surface area contributed by atoms with Gasteiger partial charge in [0.25, 0.3) is 0 Å². The van der Waals surface area contributed by atoms with E-state index >= 15 is 0 Å². The highest BCUT2D eigenvalue weighted by molar-refractivity contribution is 5.84. The molecule has 2 nitrogen and oxygen atoms in total. The van der Waals surface area contributed by atoms with E-state index in [1.807, 2.05) is 7.05 Å². The number of benzene rings is 2. The fraction of sp³-hybridized carbons (Fsp3) is 0.263. The molecule has 0 aliphatic rings. The van der Waals surface area contributed by atoms with E-state index < -0.39 is 0 Å². The minimum Gasteiger partial charge on any atom is -0.343 e. The lowest BCUT2D eigenvalue weighted by Crippen LogP contribution is -2.04. The number of aryl methyl sites for hydroxylation is 2. The van der Waals surface area contributed by atoms with Gasteiger partial charge >= 0.3 is 0 Å². The lowest BCUT2D eigenvalue weighted by Gasteiger charge is -2.09. The van der Waals surface area contributed by atoms with Crippen molar-refractivity contribution in [3.05, 3.63) is 70.9 Å². The molecular weight excluding hydrogens is 256 g/mol. The van der Waals surface area contributed by atoms with Crippen molar-refractivity contribution in [2.24, 2.45) is 0 Å². The molecule has 1 N–H and O–H groups in total. The Bertz CT molecular complexity index is 768. The Morgan fingerprint density at radius 3 is 2.62 bits per heavy atom. The molecule has 0 unspecified atom stereocenters. The Kier molecular flexibility index (Phi) is 3.80. The molecule has 2 aromatic carbocycles. The number of fused-ring (bicyclic) bond motifs is 1. The van der Waals surface area contributed by atoms with Gasteiger partial charge in [0, 0.05) is 30.2 Å². The van der Waals surface area contributed by atoms with Crippen molar-refractivity contribution in [2.75, 3.05) is 7.05 Å². The maximum Gasteiger partial charge on any atom is 0.0486 e. The number of hydrogen-bond acceptors (Lipinski definition) is 1. The number of rotatable bonds is 4. The van der Waals surface area contributed by atoms with Gasteiger partial charge in [0.2, 0.25) is 0 Å². The van der Waals surface area contributed by atoms with Crippen molar-refractivity contribution < 1.29 is 0 Å². The lowest BCUT2D eigenvalue weighted by molar-refractivity contribution is 0.793. The predicted octanol–water partition coefficient (Wildman–Crippen LogP) is 4.03. The Labute approximate surface area is 126 Å². The number of nitrogens with one attached hydrogen (secondary N) is 1. The summed E-state index contributed by atoms with van der Waals surface area (Å²) in [5.74, 6) is 0. The predicted molar refractivity (Wildman–Crippen MR) is 89.7 cm³/mol. The summed E-state index contributed by atoms with van der Waals surface area (Å²) in [5.41, 5.74) is 6.74. The molecular formula is C19H22N2. The highest BCUT2D eigenvalue weighted by Gasteiger charge is 2.08. The van der Waals surface area contributed by atoms with Gasteiger partial charge in [-0.05, 0) is 43.7 Å². The van der Waals surface area contributed by atoms with Gasteiger partial charge in [-0.3, -0.25) is 0 Å². The molecule has 0 bridgehead atoms. The summed E-state index contributed by atoms with van der Waals surface area (Å²) in [6.45, 7) is 6.18. The summed E-state index contributed by atoms with van der Waals surface area (Å²) in [6.07, 6.45) is 2.28. The first kappa shape index (κ1) is 13.9. The standard InChI is InChI=1S/C19H22N2/c1-14-8-9-15(2)16(10-14)12-21-13-17(11-20-3)18-6-4-5-7-19(18)21/h4-10,13,20H,11-12H2,1-3H3. The molecule has 0 saturated carbocycles. The van der Waals surface area contributed by atoms with Gasteiger partial charge in [-0.25, -0.2) is 0 Å². The zero-order chi connectivity index (χ0) is 14.8. The van der Waals surface area contributed by atoms with Gasteiger partial charge < -0.3 is 9.88 Å². The van der Waals surface area contributed by atoms with Crippen molar-refractivity contribution >= 4 is 10.9 Å². The highest BCUT2D eigenvalue weighted by atomic mass is 15.0. The van der Waals surface area contributed by atoms with E-state index in [0.717, 1.165) is 13.1 Å². The van der Waals surface area contributed by atoms with Crippen LogP contribution in [0.5, 0.6) is 0 Å². The summed E-state index contributed by atoms with van der Waals surface area (Å²) in [7, 11) is 2.00. The van der Waals surface area contributed by atoms with Crippen molar-refractivity contribution in [2.45, 2.75) is 26.9 Å². The summed E-state index contributed by atoms with van der Waals surface area (Å²) >= 11 is 0. The van der Waals surface area contributed by atoms with E-state index in [-0.39, 0.29) is 0 Å². The van der Waals surface area contributed by atoms with Crippen LogP contribution in [0.3, 0.4) is 0 Å². The molecule has 0 spiro atoms. The number of para-hydroxylation sites is 1. The van der Waals surface area contributed by atoms with Crippen LogP contribution < -0.4 is 5.32 Å². The zero-order valence-electron chi connectivity index (χ0n) is 13.0.